The van der Waals surface area contributed by atoms with Crippen LogP contribution in [0, 0.1) is 5.92 Å². The Bertz CT molecular complexity index is 515. The first kappa shape index (κ1) is 16.5. The number of nitrogens with one attached hydrogen (secondary N) is 2. The third kappa shape index (κ3) is 4.83. The summed E-state index contributed by atoms with van der Waals surface area (Å²) in [5, 5.41) is 6.77. The van der Waals surface area contributed by atoms with Crippen molar-refractivity contribution < 1.29 is 9.47 Å². The average Bonchev–Trinajstić information content (AvgIpc) is 2.96. The monoisotopic (exact) mass is 305 g/mol. The van der Waals surface area contributed by atoms with Crippen LogP contribution in [0.2, 0.25) is 0 Å². The van der Waals surface area contributed by atoms with Gasteiger partial charge in [-0.1, -0.05) is 19.9 Å². The van der Waals surface area contributed by atoms with E-state index in [2.05, 4.69) is 36.4 Å². The molecular formula is C17H27N3O2. The first-order chi connectivity index (χ1) is 10.6. The van der Waals surface area contributed by atoms with Gasteiger partial charge in [0.25, 0.3) is 0 Å². The van der Waals surface area contributed by atoms with E-state index < -0.39 is 0 Å². The van der Waals surface area contributed by atoms with Gasteiger partial charge in [0, 0.05) is 19.6 Å². The number of ether oxygens (including phenoxy) is 2. The predicted molar refractivity (Wildman–Crippen MR) is 89.4 cm³/mol. The van der Waals surface area contributed by atoms with Crippen molar-refractivity contribution in [1.82, 2.24) is 10.6 Å². The van der Waals surface area contributed by atoms with E-state index in [-0.39, 0.29) is 0 Å². The predicted octanol–water partition coefficient (Wildman–Crippen LogP) is 2.91. The molecule has 22 heavy (non-hydrogen) atoms. The standard InChI is InChI=1S/C17H27N3O2/c1-12(2)5-6-13(3)20-17(18-4)19-10-14-7-8-15-16(9-14)22-11-21-15/h7-9,12-13H,5-6,10-11H2,1-4H3,(H2,18,19,20). The Balaban J connectivity index is 1.81. The van der Waals surface area contributed by atoms with Gasteiger partial charge in [-0.3, -0.25) is 4.99 Å². The van der Waals surface area contributed by atoms with Crippen LogP contribution in [0.3, 0.4) is 0 Å². The smallest absolute Gasteiger partial charge is 0.231 e. The molecule has 5 heteroatoms. The number of hydrogen-bond acceptors (Lipinski definition) is 3. The number of hydrogen-bond donors (Lipinski definition) is 2. The molecule has 5 nitrogen and oxygen atoms in total. The Morgan fingerprint density at radius 1 is 1.18 bits per heavy atom. The Labute approximate surface area is 133 Å². The highest BCUT2D eigenvalue weighted by Gasteiger charge is 2.13. The van der Waals surface area contributed by atoms with Crippen LogP contribution < -0.4 is 20.1 Å². The Morgan fingerprint density at radius 2 is 1.95 bits per heavy atom. The zero-order valence-electron chi connectivity index (χ0n) is 14.0. The van der Waals surface area contributed by atoms with Gasteiger partial charge >= 0.3 is 0 Å². The first-order valence-electron chi connectivity index (χ1n) is 7.94. The molecule has 1 aromatic rings. The van der Waals surface area contributed by atoms with Gasteiger partial charge in [0.05, 0.1) is 0 Å². The Kier molecular flexibility index (Phi) is 5.92. The summed E-state index contributed by atoms with van der Waals surface area (Å²) in [5.41, 5.74) is 1.14. The van der Waals surface area contributed by atoms with E-state index in [1.807, 2.05) is 18.2 Å². The lowest BCUT2D eigenvalue weighted by Crippen LogP contribution is -2.41. The second kappa shape index (κ2) is 7.92. The van der Waals surface area contributed by atoms with Crippen LogP contribution in [0.15, 0.2) is 23.2 Å². The lowest BCUT2D eigenvalue weighted by Gasteiger charge is -2.18. The van der Waals surface area contributed by atoms with Gasteiger partial charge in [-0.2, -0.15) is 0 Å². The zero-order valence-corrected chi connectivity index (χ0v) is 14.0. The second-order valence-electron chi connectivity index (χ2n) is 6.13. The van der Waals surface area contributed by atoms with Crippen molar-refractivity contribution in [2.75, 3.05) is 13.8 Å². The molecular weight excluding hydrogens is 278 g/mol. The van der Waals surface area contributed by atoms with Crippen LogP contribution in [-0.2, 0) is 6.54 Å². The third-order valence-corrected chi connectivity index (χ3v) is 3.68. The van der Waals surface area contributed by atoms with Gasteiger partial charge in [-0.25, -0.2) is 0 Å². The summed E-state index contributed by atoms with van der Waals surface area (Å²) in [6.45, 7) is 7.70. The maximum Gasteiger partial charge on any atom is 0.231 e. The van der Waals surface area contributed by atoms with Crippen molar-refractivity contribution in [1.29, 1.82) is 0 Å². The summed E-state index contributed by atoms with van der Waals surface area (Å²) in [6.07, 6.45) is 2.36. The summed E-state index contributed by atoms with van der Waals surface area (Å²) < 4.78 is 10.7. The molecule has 1 unspecified atom stereocenters. The highest BCUT2D eigenvalue weighted by Crippen LogP contribution is 2.32. The van der Waals surface area contributed by atoms with E-state index >= 15 is 0 Å². The molecule has 1 heterocycles. The lowest BCUT2D eigenvalue weighted by molar-refractivity contribution is 0.174. The Morgan fingerprint density at radius 3 is 2.68 bits per heavy atom. The molecule has 0 aromatic heterocycles. The average molecular weight is 305 g/mol. The topological polar surface area (TPSA) is 54.9 Å². The van der Waals surface area contributed by atoms with Crippen molar-refractivity contribution in [3.8, 4) is 11.5 Å². The van der Waals surface area contributed by atoms with Crippen molar-refractivity contribution in [2.45, 2.75) is 46.2 Å². The fraction of sp³-hybridized carbons (Fsp3) is 0.588. The van der Waals surface area contributed by atoms with Crippen LogP contribution in [-0.4, -0.2) is 25.8 Å². The van der Waals surface area contributed by atoms with Gasteiger partial charge in [0.15, 0.2) is 17.5 Å². The van der Waals surface area contributed by atoms with E-state index in [1.165, 1.54) is 6.42 Å². The molecule has 0 fully saturated rings. The van der Waals surface area contributed by atoms with Crippen LogP contribution in [0.4, 0.5) is 0 Å². The normalized spacial score (nSPS) is 15.0. The van der Waals surface area contributed by atoms with Crippen molar-refractivity contribution in [3.63, 3.8) is 0 Å². The molecule has 0 aliphatic carbocycles. The number of rotatable bonds is 6. The van der Waals surface area contributed by atoms with E-state index in [0.717, 1.165) is 35.4 Å². The zero-order chi connectivity index (χ0) is 15.9. The highest BCUT2D eigenvalue weighted by molar-refractivity contribution is 5.79. The minimum Gasteiger partial charge on any atom is -0.454 e. The van der Waals surface area contributed by atoms with Gasteiger partial charge in [0.1, 0.15) is 0 Å². The summed E-state index contributed by atoms with van der Waals surface area (Å²) >= 11 is 0. The number of nitrogens with zero attached hydrogens (tertiary/aromatic N) is 1. The van der Waals surface area contributed by atoms with Gasteiger partial charge < -0.3 is 20.1 Å². The molecule has 1 aliphatic rings. The van der Waals surface area contributed by atoms with E-state index in [1.54, 1.807) is 7.05 Å². The molecule has 0 spiro atoms. The molecule has 122 valence electrons. The highest BCUT2D eigenvalue weighted by atomic mass is 16.7. The number of benzene rings is 1. The minimum absolute atomic E-state index is 0.308. The van der Waals surface area contributed by atoms with Crippen LogP contribution in [0.5, 0.6) is 11.5 Å². The largest absolute Gasteiger partial charge is 0.454 e. The summed E-state index contributed by atoms with van der Waals surface area (Å²) in [4.78, 5) is 4.28. The van der Waals surface area contributed by atoms with E-state index in [4.69, 9.17) is 9.47 Å². The fourth-order valence-electron chi connectivity index (χ4n) is 2.32. The molecule has 0 saturated heterocycles. The van der Waals surface area contributed by atoms with Crippen LogP contribution in [0.1, 0.15) is 39.2 Å². The number of fused-ring (bicyclic) bond motifs is 1. The van der Waals surface area contributed by atoms with Gasteiger partial charge in [-0.15, -0.1) is 0 Å². The molecule has 2 N–H and O–H groups in total. The SMILES string of the molecule is CN=C(NCc1ccc2c(c1)OCO2)NC(C)CCC(C)C. The molecule has 2 rings (SSSR count). The number of guanidine groups is 1. The quantitative estimate of drug-likeness (QED) is 0.627. The molecule has 1 aromatic carbocycles. The van der Waals surface area contributed by atoms with Crippen LogP contribution >= 0.6 is 0 Å². The molecule has 0 bridgehead atoms. The first-order valence-corrected chi connectivity index (χ1v) is 7.94. The minimum atomic E-state index is 0.308. The number of aliphatic imine (C=N–C) groups is 1. The van der Waals surface area contributed by atoms with Gasteiger partial charge in [-0.05, 0) is 43.4 Å². The van der Waals surface area contributed by atoms with Crippen molar-refractivity contribution >= 4 is 5.96 Å². The maximum atomic E-state index is 5.40. The van der Waals surface area contributed by atoms with Crippen molar-refractivity contribution in [2.24, 2.45) is 10.9 Å². The van der Waals surface area contributed by atoms with Gasteiger partial charge in [0.2, 0.25) is 6.79 Å². The molecule has 1 atom stereocenters. The maximum absolute atomic E-state index is 5.40. The Hall–Kier alpha value is -1.91. The van der Waals surface area contributed by atoms with Crippen molar-refractivity contribution in [3.05, 3.63) is 23.8 Å². The lowest BCUT2D eigenvalue weighted by atomic mass is 10.0. The van der Waals surface area contributed by atoms with E-state index in [9.17, 15) is 0 Å². The van der Waals surface area contributed by atoms with E-state index in [0.29, 0.717) is 19.4 Å². The summed E-state index contributed by atoms with van der Waals surface area (Å²) in [6, 6.07) is 6.40. The summed E-state index contributed by atoms with van der Waals surface area (Å²) in [7, 11) is 1.80. The fourth-order valence-corrected chi connectivity index (χ4v) is 2.32. The molecule has 0 amide bonds. The molecule has 1 aliphatic heterocycles. The third-order valence-electron chi connectivity index (χ3n) is 3.68. The summed E-state index contributed by atoms with van der Waals surface area (Å²) in [5.74, 6) is 3.18. The molecule has 0 radical (unpaired) electrons. The van der Waals surface area contributed by atoms with Crippen LogP contribution in [0.25, 0.3) is 0 Å². The second-order valence-corrected chi connectivity index (χ2v) is 6.13. The molecule has 0 saturated carbocycles.